The molecule has 0 spiro atoms. The van der Waals surface area contributed by atoms with Crippen LogP contribution in [-0.4, -0.2) is 16.0 Å². The number of ether oxygens (including phenoxy) is 1. The molecule has 110 valence electrons. The molecule has 0 fully saturated rings. The third-order valence-electron chi connectivity index (χ3n) is 2.70. The van der Waals surface area contributed by atoms with Crippen LogP contribution in [0.25, 0.3) is 0 Å². The van der Waals surface area contributed by atoms with Crippen molar-refractivity contribution in [3.05, 3.63) is 56.5 Å². The zero-order valence-electron chi connectivity index (χ0n) is 10.8. The van der Waals surface area contributed by atoms with Crippen LogP contribution in [0, 0.1) is 17.0 Å². The molecule has 7 nitrogen and oxygen atoms in total. The first-order valence-corrected chi connectivity index (χ1v) is 6.15. The van der Waals surface area contributed by atoms with E-state index in [1.54, 1.807) is 0 Å². The van der Waals surface area contributed by atoms with E-state index < -0.39 is 10.9 Å². The monoisotopic (exact) mass is 311 g/mol. The molecule has 8 heteroatoms. The molecule has 21 heavy (non-hydrogen) atoms. The van der Waals surface area contributed by atoms with Gasteiger partial charge >= 0.3 is 5.97 Å². The number of aryl methyl sites for hydroxylation is 1. The number of carboxylic acids is 1. The Morgan fingerprint density at radius 3 is 2.71 bits per heavy atom. The summed E-state index contributed by atoms with van der Waals surface area (Å²) in [6, 6.07) is 5.16. The maximum absolute atomic E-state index is 10.9. The summed E-state index contributed by atoms with van der Waals surface area (Å²) < 4.78 is 10.6. The summed E-state index contributed by atoms with van der Waals surface area (Å²) in [6.45, 7) is 1.50. The second-order valence-corrected chi connectivity index (χ2v) is 4.56. The summed E-state index contributed by atoms with van der Waals surface area (Å²) in [5.74, 6) is -0.251. The van der Waals surface area contributed by atoms with Gasteiger partial charge in [-0.2, -0.15) is 0 Å². The van der Waals surface area contributed by atoms with Crippen LogP contribution in [0.15, 0.2) is 28.7 Å². The summed E-state index contributed by atoms with van der Waals surface area (Å²) in [6.07, 6.45) is 0. The van der Waals surface area contributed by atoms with Gasteiger partial charge in [-0.15, -0.1) is 0 Å². The van der Waals surface area contributed by atoms with E-state index in [0.29, 0.717) is 5.76 Å². The maximum atomic E-state index is 10.9. The molecule has 0 aliphatic rings. The van der Waals surface area contributed by atoms with Crippen molar-refractivity contribution in [1.82, 2.24) is 0 Å². The summed E-state index contributed by atoms with van der Waals surface area (Å²) >= 11 is 5.87. The number of non-ortho nitro benzene ring substituents is 1. The highest BCUT2D eigenvalue weighted by atomic mass is 35.5. The van der Waals surface area contributed by atoms with E-state index in [9.17, 15) is 14.9 Å². The number of benzene rings is 1. The zero-order valence-corrected chi connectivity index (χ0v) is 11.6. The molecule has 0 bridgehead atoms. The minimum atomic E-state index is -1.09. The molecule has 1 N–H and O–H groups in total. The van der Waals surface area contributed by atoms with E-state index in [1.165, 1.54) is 31.2 Å². The van der Waals surface area contributed by atoms with Crippen molar-refractivity contribution >= 4 is 23.3 Å². The molecule has 0 unspecified atom stereocenters. The van der Waals surface area contributed by atoms with Crippen LogP contribution in [0.4, 0.5) is 5.69 Å². The molecule has 1 heterocycles. The molecule has 0 aliphatic carbocycles. The zero-order chi connectivity index (χ0) is 15.6. The molecule has 0 atom stereocenters. The lowest BCUT2D eigenvalue weighted by atomic mass is 10.2. The number of nitrogens with zero attached hydrogens (tertiary/aromatic N) is 1. The number of nitro groups is 1. The fraction of sp³-hybridized carbons (Fsp3) is 0.154. The van der Waals surface area contributed by atoms with Gasteiger partial charge in [0.1, 0.15) is 29.4 Å². The molecule has 0 radical (unpaired) electrons. The highest BCUT2D eigenvalue weighted by Gasteiger charge is 2.15. The molecule has 1 aromatic carbocycles. The van der Waals surface area contributed by atoms with Gasteiger partial charge in [0.25, 0.3) is 5.69 Å². The van der Waals surface area contributed by atoms with E-state index in [0.717, 1.165) is 0 Å². The maximum Gasteiger partial charge on any atom is 0.339 e. The molecule has 0 saturated carbocycles. The van der Waals surface area contributed by atoms with Gasteiger partial charge < -0.3 is 14.3 Å². The van der Waals surface area contributed by atoms with Crippen molar-refractivity contribution in [1.29, 1.82) is 0 Å². The molecule has 1 aromatic heterocycles. The first kappa shape index (κ1) is 14.9. The van der Waals surface area contributed by atoms with Gasteiger partial charge in [0.15, 0.2) is 0 Å². The molecule has 2 rings (SSSR count). The Balaban J connectivity index is 2.11. The third-order valence-corrected chi connectivity index (χ3v) is 2.99. The Kier molecular flexibility index (Phi) is 4.13. The lowest BCUT2D eigenvalue weighted by Crippen LogP contribution is -1.96. The highest BCUT2D eigenvalue weighted by molar-refractivity contribution is 6.32. The van der Waals surface area contributed by atoms with Gasteiger partial charge in [-0.1, -0.05) is 11.6 Å². The van der Waals surface area contributed by atoms with E-state index >= 15 is 0 Å². The van der Waals surface area contributed by atoms with Crippen LogP contribution >= 0.6 is 11.6 Å². The second-order valence-electron chi connectivity index (χ2n) is 4.15. The lowest BCUT2D eigenvalue weighted by molar-refractivity contribution is -0.384. The van der Waals surface area contributed by atoms with Crippen molar-refractivity contribution in [3.63, 3.8) is 0 Å². The predicted octanol–water partition coefficient (Wildman–Crippen LogP) is 3.43. The fourth-order valence-electron chi connectivity index (χ4n) is 1.70. The topological polar surface area (TPSA) is 103 Å². The van der Waals surface area contributed by atoms with Crippen LogP contribution in [0.1, 0.15) is 21.9 Å². The van der Waals surface area contributed by atoms with Crippen LogP contribution in [0.2, 0.25) is 5.02 Å². The molecule has 2 aromatic rings. The quantitative estimate of drug-likeness (QED) is 0.670. The first-order chi connectivity index (χ1) is 9.88. The molecule has 0 amide bonds. The molecule has 0 saturated heterocycles. The highest BCUT2D eigenvalue weighted by Crippen LogP contribution is 2.29. The van der Waals surface area contributed by atoms with Crippen LogP contribution in [-0.2, 0) is 6.61 Å². The Morgan fingerprint density at radius 2 is 2.19 bits per heavy atom. The fourth-order valence-corrected chi connectivity index (χ4v) is 1.93. The molecular formula is C13H10ClNO6. The molecular weight excluding hydrogens is 302 g/mol. The van der Waals surface area contributed by atoms with Crippen molar-refractivity contribution in [2.75, 3.05) is 0 Å². The van der Waals surface area contributed by atoms with E-state index in [4.69, 9.17) is 25.9 Å². The van der Waals surface area contributed by atoms with E-state index in [2.05, 4.69) is 0 Å². The van der Waals surface area contributed by atoms with Crippen molar-refractivity contribution in [2.45, 2.75) is 13.5 Å². The Hall–Kier alpha value is -2.54. The van der Waals surface area contributed by atoms with E-state index in [1.807, 2.05) is 0 Å². The second kappa shape index (κ2) is 5.84. The number of nitro benzene ring substituents is 1. The lowest BCUT2D eigenvalue weighted by Gasteiger charge is -2.05. The Morgan fingerprint density at radius 1 is 1.48 bits per heavy atom. The van der Waals surface area contributed by atoms with E-state index in [-0.39, 0.29) is 34.4 Å². The normalized spacial score (nSPS) is 10.4. The minimum Gasteiger partial charge on any atom is -0.484 e. The number of halogens is 1. The minimum absolute atomic E-state index is 0.0361. The number of furan rings is 1. The van der Waals surface area contributed by atoms with Crippen molar-refractivity contribution in [3.8, 4) is 5.75 Å². The number of hydrogen-bond donors (Lipinski definition) is 1. The van der Waals surface area contributed by atoms with Crippen molar-refractivity contribution < 1.29 is 24.0 Å². The van der Waals surface area contributed by atoms with Gasteiger partial charge in [-0.05, 0) is 19.1 Å². The van der Waals surface area contributed by atoms with Gasteiger partial charge in [0.05, 0.1) is 9.95 Å². The number of rotatable bonds is 5. The SMILES string of the molecule is Cc1oc(COc2ccc([N+](=O)[O-])cc2Cl)cc1C(=O)O. The molecule has 0 aliphatic heterocycles. The van der Waals surface area contributed by atoms with Crippen LogP contribution in [0.3, 0.4) is 0 Å². The Bertz CT molecular complexity index is 709. The number of carbonyl (C=O) groups is 1. The standard InChI is InChI=1S/C13H10ClNO6/c1-7-10(13(16)17)5-9(21-7)6-20-12-3-2-8(15(18)19)4-11(12)14/h2-5H,6H2,1H3,(H,16,17). The number of hydrogen-bond acceptors (Lipinski definition) is 5. The number of carboxylic acid groups (broad SMARTS) is 1. The van der Waals surface area contributed by atoms with Gasteiger partial charge in [0, 0.05) is 12.1 Å². The largest absolute Gasteiger partial charge is 0.484 e. The summed E-state index contributed by atoms with van der Waals surface area (Å²) in [5, 5.41) is 19.6. The summed E-state index contributed by atoms with van der Waals surface area (Å²) in [7, 11) is 0. The van der Waals surface area contributed by atoms with Crippen molar-refractivity contribution in [2.24, 2.45) is 0 Å². The number of aromatic carboxylic acids is 1. The van der Waals surface area contributed by atoms with Crippen LogP contribution < -0.4 is 4.74 Å². The van der Waals surface area contributed by atoms with Crippen LogP contribution in [0.5, 0.6) is 5.75 Å². The average Bonchev–Trinajstić information content (AvgIpc) is 2.78. The first-order valence-electron chi connectivity index (χ1n) is 5.78. The summed E-state index contributed by atoms with van der Waals surface area (Å²) in [4.78, 5) is 20.9. The van der Waals surface area contributed by atoms with Gasteiger partial charge in [-0.25, -0.2) is 4.79 Å². The summed E-state index contributed by atoms with van der Waals surface area (Å²) in [5.41, 5.74) is -0.0854. The van der Waals surface area contributed by atoms with Gasteiger partial charge in [0.2, 0.25) is 0 Å². The average molecular weight is 312 g/mol. The Labute approximate surface area is 123 Å². The predicted molar refractivity (Wildman–Crippen MR) is 72.8 cm³/mol. The smallest absolute Gasteiger partial charge is 0.339 e. The van der Waals surface area contributed by atoms with Gasteiger partial charge in [-0.3, -0.25) is 10.1 Å². The third kappa shape index (κ3) is 3.32.